The Hall–Kier alpha value is -3.76. The van der Waals surface area contributed by atoms with E-state index in [1.165, 1.54) is 35.2 Å². The van der Waals surface area contributed by atoms with E-state index in [0.29, 0.717) is 18.0 Å². The molecule has 8 nitrogen and oxygen atoms in total. The van der Waals surface area contributed by atoms with Gasteiger partial charge in [0.25, 0.3) is 0 Å². The molecule has 3 heterocycles. The van der Waals surface area contributed by atoms with Crippen molar-refractivity contribution in [1.82, 2.24) is 19.3 Å². The summed E-state index contributed by atoms with van der Waals surface area (Å²) in [5, 5.41) is 10.1. The summed E-state index contributed by atoms with van der Waals surface area (Å²) in [5.41, 5.74) is 0.955. The Morgan fingerprint density at radius 2 is 1.97 bits per heavy atom. The molecule has 0 bridgehead atoms. The van der Waals surface area contributed by atoms with Gasteiger partial charge in [-0.25, -0.2) is 17.8 Å². The molecule has 0 fully saturated rings. The SMILES string of the molecule is Cc1cc2c(cc1F)c(C#N)c(-c1ccc(S(=O)(=O)NC(C)C(F)(F)F)cn1)n2-c1ncco1. The van der Waals surface area contributed by atoms with Crippen LogP contribution in [0.3, 0.4) is 0 Å². The zero-order chi connectivity index (χ0) is 24.8. The Bertz CT molecular complexity index is 1520. The van der Waals surface area contributed by atoms with E-state index in [0.717, 1.165) is 12.3 Å². The van der Waals surface area contributed by atoms with Gasteiger partial charge in [-0.1, -0.05) is 0 Å². The number of pyridine rings is 1. The molecule has 0 radical (unpaired) electrons. The standard InChI is InChI=1S/C21H15F4N5O3S/c1-11-7-18-14(8-16(11)22)15(9-26)19(30(18)20-27-5-6-33-20)17-4-3-13(10-28-17)34(31,32)29-12(2)21(23,24)25/h3-8,10,12,29H,1-2H3. The highest BCUT2D eigenvalue weighted by Gasteiger charge is 2.39. The van der Waals surface area contributed by atoms with Gasteiger partial charge < -0.3 is 4.42 Å². The third kappa shape index (κ3) is 4.02. The first-order chi connectivity index (χ1) is 15.9. The molecule has 1 atom stereocenters. The minimum absolute atomic E-state index is 0.0269. The number of aromatic nitrogens is 3. The molecular formula is C21H15F4N5O3S. The van der Waals surface area contributed by atoms with Gasteiger partial charge in [-0.15, -0.1) is 0 Å². The molecule has 4 rings (SSSR count). The van der Waals surface area contributed by atoms with Crippen molar-refractivity contribution in [1.29, 1.82) is 5.26 Å². The summed E-state index contributed by atoms with van der Waals surface area (Å²) in [6.45, 7) is 2.22. The summed E-state index contributed by atoms with van der Waals surface area (Å²) in [7, 11) is -4.53. The molecule has 0 aliphatic rings. The van der Waals surface area contributed by atoms with Crippen LogP contribution in [-0.2, 0) is 10.0 Å². The van der Waals surface area contributed by atoms with Crippen LogP contribution in [0.15, 0.2) is 52.2 Å². The highest BCUT2D eigenvalue weighted by atomic mass is 32.2. The van der Waals surface area contributed by atoms with E-state index in [1.54, 1.807) is 11.6 Å². The predicted molar refractivity (Wildman–Crippen MR) is 112 cm³/mol. The molecule has 4 aromatic rings. The van der Waals surface area contributed by atoms with Crippen LogP contribution in [-0.4, -0.2) is 35.2 Å². The average Bonchev–Trinajstić information content (AvgIpc) is 3.39. The number of oxazole rings is 1. The number of rotatable bonds is 5. The van der Waals surface area contributed by atoms with Crippen molar-refractivity contribution in [3.05, 3.63) is 59.9 Å². The van der Waals surface area contributed by atoms with Gasteiger partial charge in [0.2, 0.25) is 10.0 Å². The number of sulfonamides is 1. The van der Waals surface area contributed by atoms with E-state index in [2.05, 4.69) is 9.97 Å². The van der Waals surface area contributed by atoms with E-state index >= 15 is 0 Å². The smallest absolute Gasteiger partial charge is 0.404 e. The summed E-state index contributed by atoms with van der Waals surface area (Å²) in [6.07, 6.45) is -1.24. The Labute approximate surface area is 190 Å². The van der Waals surface area contributed by atoms with Gasteiger partial charge in [0.1, 0.15) is 29.1 Å². The first-order valence-corrected chi connectivity index (χ1v) is 11.1. The third-order valence-corrected chi connectivity index (χ3v) is 6.61. The fourth-order valence-electron chi connectivity index (χ4n) is 3.34. The number of nitriles is 1. The highest BCUT2D eigenvalue weighted by Crippen LogP contribution is 2.36. The third-order valence-electron chi connectivity index (χ3n) is 5.08. The zero-order valence-corrected chi connectivity index (χ0v) is 18.4. The number of benzene rings is 1. The lowest BCUT2D eigenvalue weighted by atomic mass is 10.1. The van der Waals surface area contributed by atoms with Gasteiger partial charge >= 0.3 is 12.2 Å². The number of nitrogens with one attached hydrogen (secondary N) is 1. The fourth-order valence-corrected chi connectivity index (χ4v) is 4.51. The lowest BCUT2D eigenvalue weighted by Crippen LogP contribution is -2.42. The predicted octanol–water partition coefficient (Wildman–Crippen LogP) is 4.23. The minimum Gasteiger partial charge on any atom is -0.432 e. The van der Waals surface area contributed by atoms with Gasteiger partial charge in [0.15, 0.2) is 0 Å². The van der Waals surface area contributed by atoms with Crippen LogP contribution >= 0.6 is 0 Å². The number of alkyl halides is 3. The monoisotopic (exact) mass is 493 g/mol. The number of halogens is 4. The van der Waals surface area contributed by atoms with Crippen molar-refractivity contribution in [2.45, 2.75) is 31.0 Å². The number of aryl methyl sites for hydroxylation is 1. The summed E-state index contributed by atoms with van der Waals surface area (Å²) < 4.78 is 85.7. The van der Waals surface area contributed by atoms with Crippen molar-refractivity contribution < 1.29 is 30.4 Å². The molecule has 13 heteroatoms. The molecule has 176 valence electrons. The van der Waals surface area contributed by atoms with Gasteiger partial charge in [0, 0.05) is 11.6 Å². The van der Waals surface area contributed by atoms with Crippen LogP contribution in [0, 0.1) is 24.1 Å². The van der Waals surface area contributed by atoms with Crippen LogP contribution in [0.25, 0.3) is 28.3 Å². The van der Waals surface area contributed by atoms with Crippen molar-refractivity contribution in [3.63, 3.8) is 0 Å². The lowest BCUT2D eigenvalue weighted by molar-refractivity contribution is -0.147. The van der Waals surface area contributed by atoms with Crippen LogP contribution in [0.1, 0.15) is 18.1 Å². The molecule has 0 saturated heterocycles. The summed E-state index contributed by atoms with van der Waals surface area (Å²) in [6, 6.07) is 4.71. The average molecular weight is 493 g/mol. The molecular weight excluding hydrogens is 478 g/mol. The summed E-state index contributed by atoms with van der Waals surface area (Å²) in [5.74, 6) is -0.542. The minimum atomic E-state index is -4.77. The van der Waals surface area contributed by atoms with Gasteiger partial charge in [-0.3, -0.25) is 9.55 Å². The molecule has 0 spiro atoms. The molecule has 1 unspecified atom stereocenters. The van der Waals surface area contributed by atoms with Crippen LogP contribution < -0.4 is 4.72 Å². The Morgan fingerprint density at radius 3 is 2.53 bits per heavy atom. The fraction of sp³-hybridized carbons (Fsp3) is 0.190. The van der Waals surface area contributed by atoms with E-state index in [1.807, 2.05) is 6.07 Å². The summed E-state index contributed by atoms with van der Waals surface area (Å²) >= 11 is 0. The van der Waals surface area contributed by atoms with Crippen LogP contribution in [0.5, 0.6) is 0 Å². The molecule has 34 heavy (non-hydrogen) atoms. The number of hydrogen-bond donors (Lipinski definition) is 1. The number of nitrogens with zero attached hydrogens (tertiary/aromatic N) is 4. The van der Waals surface area contributed by atoms with Crippen molar-refractivity contribution in [2.24, 2.45) is 0 Å². The van der Waals surface area contributed by atoms with E-state index in [-0.39, 0.29) is 28.4 Å². The highest BCUT2D eigenvalue weighted by molar-refractivity contribution is 7.89. The molecule has 1 N–H and O–H groups in total. The van der Waals surface area contributed by atoms with E-state index in [9.17, 15) is 31.2 Å². The second-order valence-electron chi connectivity index (χ2n) is 7.37. The lowest BCUT2D eigenvalue weighted by Gasteiger charge is -2.17. The van der Waals surface area contributed by atoms with Gasteiger partial charge in [-0.05, 0) is 43.7 Å². The number of hydrogen-bond acceptors (Lipinski definition) is 6. The molecule has 0 amide bonds. The summed E-state index contributed by atoms with van der Waals surface area (Å²) in [4.78, 5) is 7.65. The Balaban J connectivity index is 1.88. The Kier molecular flexibility index (Phi) is 5.66. The topological polar surface area (TPSA) is 114 Å². The molecule has 0 aliphatic heterocycles. The van der Waals surface area contributed by atoms with Crippen molar-refractivity contribution >= 4 is 20.9 Å². The maximum Gasteiger partial charge on any atom is 0.404 e. The Morgan fingerprint density at radius 1 is 1.24 bits per heavy atom. The molecule has 0 aliphatic carbocycles. The normalized spacial score (nSPS) is 13.2. The second kappa shape index (κ2) is 8.23. The first-order valence-electron chi connectivity index (χ1n) is 9.64. The molecule has 0 saturated carbocycles. The largest absolute Gasteiger partial charge is 0.432 e. The van der Waals surface area contributed by atoms with E-state index in [4.69, 9.17) is 4.42 Å². The van der Waals surface area contributed by atoms with Gasteiger partial charge in [-0.2, -0.15) is 23.2 Å². The van der Waals surface area contributed by atoms with Crippen LogP contribution in [0.2, 0.25) is 0 Å². The van der Waals surface area contributed by atoms with E-state index < -0.39 is 33.0 Å². The first kappa shape index (κ1) is 23.4. The molecule has 3 aromatic heterocycles. The molecule has 1 aromatic carbocycles. The number of fused-ring (bicyclic) bond motifs is 1. The van der Waals surface area contributed by atoms with Crippen molar-refractivity contribution in [2.75, 3.05) is 0 Å². The maximum absolute atomic E-state index is 14.3. The maximum atomic E-state index is 14.3. The zero-order valence-electron chi connectivity index (χ0n) is 17.6. The quantitative estimate of drug-likeness (QED) is 0.416. The van der Waals surface area contributed by atoms with Crippen molar-refractivity contribution in [3.8, 4) is 23.5 Å². The van der Waals surface area contributed by atoms with Crippen LogP contribution in [0.4, 0.5) is 17.6 Å². The second-order valence-corrected chi connectivity index (χ2v) is 9.08. The van der Waals surface area contributed by atoms with Gasteiger partial charge in [0.05, 0.1) is 28.7 Å².